The zero-order valence-electron chi connectivity index (χ0n) is 10.7. The molecule has 0 bridgehead atoms. The van der Waals surface area contributed by atoms with Crippen LogP contribution in [0.25, 0.3) is 0 Å². The molecule has 2 N–H and O–H groups in total. The average molecular weight is 265 g/mol. The van der Waals surface area contributed by atoms with E-state index in [1.54, 1.807) is 4.90 Å². The largest absolute Gasteiger partial charge is 0.492 e. The number of hydrogen-bond acceptors (Lipinski definition) is 4. The first-order valence-electron chi connectivity index (χ1n) is 6.49. The lowest BCUT2D eigenvalue weighted by Crippen LogP contribution is -2.50. The number of aliphatic carboxylic acids is 1. The Kier molecular flexibility index (Phi) is 4.76. The highest BCUT2D eigenvalue weighted by Gasteiger charge is 2.31. The van der Waals surface area contributed by atoms with Gasteiger partial charge in [0.15, 0.2) is 0 Å². The van der Waals surface area contributed by atoms with Crippen LogP contribution in [0.2, 0.25) is 0 Å². The van der Waals surface area contributed by atoms with E-state index in [2.05, 4.69) is 0 Å². The van der Waals surface area contributed by atoms with Crippen molar-refractivity contribution >= 4 is 5.97 Å². The highest BCUT2D eigenvalue weighted by atomic mass is 16.5. The molecule has 5 heteroatoms. The van der Waals surface area contributed by atoms with Gasteiger partial charge in [-0.3, -0.25) is 9.69 Å². The standard InChI is InChI=1S/C14H19NO4/c16-11-6-7-13(14(17)18)15(10-11)8-9-19-12-4-2-1-3-5-12/h1-5,11,13,16H,6-10H2,(H,17,18)/t11-,13+/m1/s1. The third-order valence-electron chi connectivity index (χ3n) is 3.33. The lowest BCUT2D eigenvalue weighted by molar-refractivity contribution is -0.146. The molecule has 1 saturated heterocycles. The number of ether oxygens (including phenoxy) is 1. The third kappa shape index (κ3) is 3.94. The number of carbonyl (C=O) groups is 1. The van der Waals surface area contributed by atoms with E-state index >= 15 is 0 Å². The SMILES string of the molecule is O=C(O)[C@@H]1CC[C@@H](O)CN1CCOc1ccccc1. The fraction of sp³-hybridized carbons (Fsp3) is 0.500. The van der Waals surface area contributed by atoms with Crippen LogP contribution < -0.4 is 4.74 Å². The Balaban J connectivity index is 1.84. The third-order valence-corrected chi connectivity index (χ3v) is 3.33. The fourth-order valence-corrected chi connectivity index (χ4v) is 2.35. The molecule has 1 aromatic rings. The molecule has 0 spiro atoms. The summed E-state index contributed by atoms with van der Waals surface area (Å²) in [6.45, 7) is 1.32. The molecule has 0 aliphatic carbocycles. The number of aliphatic hydroxyl groups excluding tert-OH is 1. The minimum absolute atomic E-state index is 0.398. The van der Waals surface area contributed by atoms with Crippen molar-refractivity contribution in [1.82, 2.24) is 4.90 Å². The molecular weight excluding hydrogens is 246 g/mol. The van der Waals surface area contributed by atoms with Gasteiger partial charge in [0.05, 0.1) is 6.10 Å². The van der Waals surface area contributed by atoms with Gasteiger partial charge in [-0.1, -0.05) is 18.2 Å². The first-order chi connectivity index (χ1) is 9.16. The fourth-order valence-electron chi connectivity index (χ4n) is 2.35. The first kappa shape index (κ1) is 13.8. The van der Waals surface area contributed by atoms with Crippen LogP contribution in [-0.2, 0) is 4.79 Å². The molecule has 104 valence electrons. The van der Waals surface area contributed by atoms with Gasteiger partial charge in [-0.25, -0.2) is 0 Å². The van der Waals surface area contributed by atoms with Gasteiger partial charge in [0.2, 0.25) is 0 Å². The van der Waals surface area contributed by atoms with Crippen molar-refractivity contribution in [2.75, 3.05) is 19.7 Å². The number of carboxylic acid groups (broad SMARTS) is 1. The molecule has 0 amide bonds. The second-order valence-corrected chi connectivity index (χ2v) is 4.74. The predicted octanol–water partition coefficient (Wildman–Crippen LogP) is 0.975. The van der Waals surface area contributed by atoms with Gasteiger partial charge >= 0.3 is 5.97 Å². The van der Waals surface area contributed by atoms with Crippen molar-refractivity contribution in [3.8, 4) is 5.75 Å². The Morgan fingerprint density at radius 1 is 1.32 bits per heavy atom. The normalized spacial score (nSPS) is 24.1. The number of β-amino-alcohol motifs (C(OH)–C–C–N with tert-alkyl or cyclic N) is 1. The quantitative estimate of drug-likeness (QED) is 0.830. The van der Waals surface area contributed by atoms with Crippen molar-refractivity contribution in [1.29, 1.82) is 0 Å². The van der Waals surface area contributed by atoms with Crippen LogP contribution in [0.15, 0.2) is 30.3 Å². The van der Waals surface area contributed by atoms with Gasteiger partial charge in [-0.05, 0) is 25.0 Å². The minimum atomic E-state index is -0.827. The lowest BCUT2D eigenvalue weighted by Gasteiger charge is -2.35. The van der Waals surface area contributed by atoms with Crippen molar-refractivity contribution in [3.63, 3.8) is 0 Å². The summed E-state index contributed by atoms with van der Waals surface area (Å²) in [6.07, 6.45) is 0.599. The van der Waals surface area contributed by atoms with E-state index in [-0.39, 0.29) is 0 Å². The summed E-state index contributed by atoms with van der Waals surface area (Å²) < 4.78 is 5.56. The average Bonchev–Trinajstić information content (AvgIpc) is 2.39. The Morgan fingerprint density at radius 2 is 2.05 bits per heavy atom. The van der Waals surface area contributed by atoms with E-state index in [9.17, 15) is 9.90 Å². The van der Waals surface area contributed by atoms with E-state index in [1.165, 1.54) is 0 Å². The molecule has 1 fully saturated rings. The summed E-state index contributed by atoms with van der Waals surface area (Å²) in [5.74, 6) is -0.0569. The first-order valence-corrected chi connectivity index (χ1v) is 6.49. The van der Waals surface area contributed by atoms with Crippen LogP contribution in [0, 0.1) is 0 Å². The van der Waals surface area contributed by atoms with Crippen LogP contribution in [-0.4, -0.2) is 52.9 Å². The number of nitrogens with zero attached hydrogens (tertiary/aromatic N) is 1. The minimum Gasteiger partial charge on any atom is -0.492 e. The van der Waals surface area contributed by atoms with E-state index in [0.29, 0.717) is 32.5 Å². The number of aliphatic hydroxyl groups is 1. The Labute approximate surface area is 112 Å². The number of para-hydroxylation sites is 1. The van der Waals surface area contributed by atoms with Gasteiger partial charge in [0.1, 0.15) is 18.4 Å². The van der Waals surface area contributed by atoms with Crippen molar-refractivity contribution in [3.05, 3.63) is 30.3 Å². The van der Waals surface area contributed by atoms with E-state index in [0.717, 1.165) is 5.75 Å². The van der Waals surface area contributed by atoms with E-state index in [1.807, 2.05) is 30.3 Å². The second-order valence-electron chi connectivity index (χ2n) is 4.74. The summed E-state index contributed by atoms with van der Waals surface area (Å²) >= 11 is 0. The summed E-state index contributed by atoms with van der Waals surface area (Å²) in [6, 6.07) is 8.90. The molecule has 0 unspecified atom stereocenters. The molecule has 5 nitrogen and oxygen atoms in total. The molecule has 1 aromatic carbocycles. The molecular formula is C14H19NO4. The van der Waals surface area contributed by atoms with Crippen LogP contribution in [0.1, 0.15) is 12.8 Å². The topological polar surface area (TPSA) is 70.0 Å². The summed E-state index contributed by atoms with van der Waals surface area (Å²) in [4.78, 5) is 12.9. The van der Waals surface area contributed by atoms with E-state index in [4.69, 9.17) is 9.84 Å². The van der Waals surface area contributed by atoms with Crippen molar-refractivity contribution in [2.45, 2.75) is 25.0 Å². The molecule has 0 saturated carbocycles. The van der Waals surface area contributed by atoms with Crippen LogP contribution in [0.3, 0.4) is 0 Å². The molecule has 1 aliphatic rings. The zero-order chi connectivity index (χ0) is 13.7. The molecule has 0 aromatic heterocycles. The van der Waals surface area contributed by atoms with Crippen molar-refractivity contribution < 1.29 is 19.7 Å². The zero-order valence-corrected chi connectivity index (χ0v) is 10.7. The van der Waals surface area contributed by atoms with Crippen LogP contribution in [0.4, 0.5) is 0 Å². The monoisotopic (exact) mass is 265 g/mol. The van der Waals surface area contributed by atoms with Gasteiger partial charge < -0.3 is 14.9 Å². The number of likely N-dealkylation sites (tertiary alicyclic amines) is 1. The lowest BCUT2D eigenvalue weighted by atomic mass is 10.0. The smallest absolute Gasteiger partial charge is 0.320 e. The Morgan fingerprint density at radius 3 is 2.74 bits per heavy atom. The van der Waals surface area contributed by atoms with Gasteiger partial charge in [0, 0.05) is 13.1 Å². The maximum Gasteiger partial charge on any atom is 0.320 e. The van der Waals surface area contributed by atoms with Gasteiger partial charge in [-0.15, -0.1) is 0 Å². The highest BCUT2D eigenvalue weighted by molar-refractivity contribution is 5.73. The number of carboxylic acids is 1. The van der Waals surface area contributed by atoms with Crippen molar-refractivity contribution in [2.24, 2.45) is 0 Å². The summed E-state index contributed by atoms with van der Waals surface area (Å²) in [5.41, 5.74) is 0. The van der Waals surface area contributed by atoms with Gasteiger partial charge in [0.25, 0.3) is 0 Å². The van der Waals surface area contributed by atoms with E-state index < -0.39 is 18.1 Å². The second kappa shape index (κ2) is 6.54. The number of rotatable bonds is 5. The number of hydrogen-bond donors (Lipinski definition) is 2. The van der Waals surface area contributed by atoms with Crippen LogP contribution in [0.5, 0.6) is 5.75 Å². The molecule has 1 heterocycles. The molecule has 0 radical (unpaired) electrons. The highest BCUT2D eigenvalue weighted by Crippen LogP contribution is 2.17. The molecule has 19 heavy (non-hydrogen) atoms. The summed E-state index contributed by atoms with van der Waals surface area (Å²) in [7, 11) is 0. The number of benzene rings is 1. The van der Waals surface area contributed by atoms with Crippen LogP contribution >= 0.6 is 0 Å². The molecule has 2 atom stereocenters. The van der Waals surface area contributed by atoms with Gasteiger partial charge in [-0.2, -0.15) is 0 Å². The number of piperidine rings is 1. The molecule has 2 rings (SSSR count). The summed E-state index contributed by atoms with van der Waals surface area (Å²) in [5, 5.41) is 18.8. The Bertz CT molecular complexity index is 409. The maximum absolute atomic E-state index is 11.1. The maximum atomic E-state index is 11.1. The Hall–Kier alpha value is -1.59. The predicted molar refractivity (Wildman–Crippen MR) is 70.2 cm³/mol. The molecule has 1 aliphatic heterocycles.